The number of hydrogen-bond donors (Lipinski definition) is 1. The lowest BCUT2D eigenvalue weighted by Crippen LogP contribution is -2.29. The fourth-order valence-corrected chi connectivity index (χ4v) is 2.07. The van der Waals surface area contributed by atoms with Gasteiger partial charge in [-0.1, -0.05) is 18.2 Å². The second-order valence-corrected chi connectivity index (χ2v) is 3.67. The maximum atomic E-state index is 7.94. The lowest BCUT2D eigenvalue weighted by atomic mass is 10.1. The lowest BCUT2D eigenvalue weighted by molar-refractivity contribution is 0.871. The van der Waals surface area contributed by atoms with E-state index >= 15 is 0 Å². The van der Waals surface area contributed by atoms with Crippen LogP contribution in [0.25, 0.3) is 0 Å². The number of hydrogen-bond acceptors (Lipinski definition) is 1. The highest BCUT2D eigenvalue weighted by Crippen LogP contribution is 2.26. The highest BCUT2D eigenvalue weighted by molar-refractivity contribution is 5.96. The molecule has 1 aliphatic heterocycles. The number of aryl methyl sites for hydroxylation is 1. The third-order valence-corrected chi connectivity index (χ3v) is 2.78. The van der Waals surface area contributed by atoms with E-state index in [1.807, 2.05) is 0 Å². The molecule has 0 fully saturated rings. The summed E-state index contributed by atoms with van der Waals surface area (Å²) in [5, 5.41) is 7.94. The average Bonchev–Trinajstić information content (AvgIpc) is 2.36. The Bertz CT molecular complexity index is 344. The zero-order chi connectivity index (χ0) is 9.97. The Balaban J connectivity index is 2.44. The molecule has 0 spiro atoms. The molecule has 0 aromatic heterocycles. The van der Waals surface area contributed by atoms with E-state index in [4.69, 9.17) is 5.41 Å². The molecule has 0 atom stereocenters. The molecular formula is C12H16N2. The summed E-state index contributed by atoms with van der Waals surface area (Å²) in [5.74, 6) is 0.762. The SMILES string of the molecule is CCN1C(=N)CCCc2ccccc21. The molecule has 0 unspecified atom stereocenters. The monoisotopic (exact) mass is 188 g/mol. The summed E-state index contributed by atoms with van der Waals surface area (Å²) in [6.45, 7) is 3.01. The van der Waals surface area contributed by atoms with Crippen molar-refractivity contribution in [3.8, 4) is 0 Å². The van der Waals surface area contributed by atoms with Crippen molar-refractivity contribution in [1.29, 1.82) is 5.41 Å². The minimum Gasteiger partial charge on any atom is -0.330 e. The maximum absolute atomic E-state index is 7.94. The first-order valence-electron chi connectivity index (χ1n) is 5.26. The Morgan fingerprint density at radius 1 is 1.29 bits per heavy atom. The molecule has 2 rings (SSSR count). The normalized spacial score (nSPS) is 16.4. The number of nitrogens with zero attached hydrogens (tertiary/aromatic N) is 1. The smallest absolute Gasteiger partial charge is 0.100 e. The van der Waals surface area contributed by atoms with Crippen LogP contribution >= 0.6 is 0 Å². The van der Waals surface area contributed by atoms with Gasteiger partial charge in [-0.2, -0.15) is 0 Å². The lowest BCUT2D eigenvalue weighted by Gasteiger charge is -2.23. The first-order chi connectivity index (χ1) is 6.83. The number of nitrogens with one attached hydrogen (secondary N) is 1. The number of anilines is 1. The Morgan fingerprint density at radius 2 is 2.07 bits per heavy atom. The quantitative estimate of drug-likeness (QED) is 0.721. The fraction of sp³-hybridized carbons (Fsp3) is 0.417. The van der Waals surface area contributed by atoms with Crippen LogP contribution in [-0.4, -0.2) is 12.4 Å². The summed E-state index contributed by atoms with van der Waals surface area (Å²) in [5.41, 5.74) is 2.62. The van der Waals surface area contributed by atoms with E-state index in [1.54, 1.807) is 0 Å². The highest BCUT2D eigenvalue weighted by atomic mass is 15.2. The van der Waals surface area contributed by atoms with Gasteiger partial charge in [0.05, 0.1) is 0 Å². The molecule has 1 aromatic carbocycles. The maximum Gasteiger partial charge on any atom is 0.100 e. The molecule has 0 amide bonds. The van der Waals surface area contributed by atoms with Crippen LogP contribution in [0.4, 0.5) is 5.69 Å². The summed E-state index contributed by atoms with van der Waals surface area (Å²) >= 11 is 0. The van der Waals surface area contributed by atoms with Crippen molar-refractivity contribution in [2.24, 2.45) is 0 Å². The van der Waals surface area contributed by atoms with Gasteiger partial charge in [-0.3, -0.25) is 5.41 Å². The minimum absolute atomic E-state index is 0.762. The zero-order valence-electron chi connectivity index (χ0n) is 8.59. The van der Waals surface area contributed by atoms with Crippen LogP contribution in [0.3, 0.4) is 0 Å². The van der Waals surface area contributed by atoms with Gasteiger partial charge in [0, 0.05) is 18.7 Å². The van der Waals surface area contributed by atoms with Crippen molar-refractivity contribution >= 4 is 11.5 Å². The molecule has 0 bridgehead atoms. The van der Waals surface area contributed by atoms with Crippen LogP contribution in [0, 0.1) is 5.41 Å². The summed E-state index contributed by atoms with van der Waals surface area (Å²) in [4.78, 5) is 2.11. The molecule has 74 valence electrons. The van der Waals surface area contributed by atoms with E-state index in [1.165, 1.54) is 11.3 Å². The Morgan fingerprint density at radius 3 is 2.86 bits per heavy atom. The van der Waals surface area contributed by atoms with Crippen LogP contribution in [-0.2, 0) is 6.42 Å². The van der Waals surface area contributed by atoms with Gasteiger partial charge in [0.25, 0.3) is 0 Å². The van der Waals surface area contributed by atoms with Gasteiger partial charge in [-0.05, 0) is 31.4 Å². The van der Waals surface area contributed by atoms with Crippen LogP contribution in [0.2, 0.25) is 0 Å². The van der Waals surface area contributed by atoms with Crippen LogP contribution in [0.5, 0.6) is 0 Å². The molecule has 0 saturated heterocycles. The van der Waals surface area contributed by atoms with E-state index in [-0.39, 0.29) is 0 Å². The largest absolute Gasteiger partial charge is 0.330 e. The fourth-order valence-electron chi connectivity index (χ4n) is 2.07. The zero-order valence-corrected chi connectivity index (χ0v) is 8.59. The predicted molar refractivity (Wildman–Crippen MR) is 60.1 cm³/mol. The second kappa shape index (κ2) is 3.82. The molecule has 1 aliphatic rings. The molecule has 0 aliphatic carbocycles. The van der Waals surface area contributed by atoms with E-state index in [0.717, 1.165) is 31.6 Å². The topological polar surface area (TPSA) is 27.1 Å². The predicted octanol–water partition coefficient (Wildman–Crippen LogP) is 2.83. The second-order valence-electron chi connectivity index (χ2n) is 3.67. The molecule has 2 nitrogen and oxygen atoms in total. The third-order valence-electron chi connectivity index (χ3n) is 2.78. The van der Waals surface area contributed by atoms with Crippen LogP contribution < -0.4 is 4.90 Å². The highest BCUT2D eigenvalue weighted by Gasteiger charge is 2.16. The van der Waals surface area contributed by atoms with Crippen molar-refractivity contribution in [3.63, 3.8) is 0 Å². The number of benzene rings is 1. The number of amidine groups is 1. The molecule has 0 saturated carbocycles. The van der Waals surface area contributed by atoms with Crippen molar-refractivity contribution < 1.29 is 0 Å². The van der Waals surface area contributed by atoms with Gasteiger partial charge in [0.2, 0.25) is 0 Å². The Labute approximate surface area is 85.1 Å². The molecule has 0 radical (unpaired) electrons. The van der Waals surface area contributed by atoms with Gasteiger partial charge >= 0.3 is 0 Å². The molecule has 1 N–H and O–H groups in total. The number of rotatable bonds is 1. The number of para-hydroxylation sites is 1. The van der Waals surface area contributed by atoms with Crippen LogP contribution in [0.15, 0.2) is 24.3 Å². The average molecular weight is 188 g/mol. The molecule has 1 aromatic rings. The van der Waals surface area contributed by atoms with Crippen molar-refractivity contribution in [1.82, 2.24) is 0 Å². The molecule has 1 heterocycles. The van der Waals surface area contributed by atoms with Crippen molar-refractivity contribution in [2.45, 2.75) is 26.2 Å². The first-order valence-corrected chi connectivity index (χ1v) is 5.26. The van der Waals surface area contributed by atoms with Crippen molar-refractivity contribution in [3.05, 3.63) is 29.8 Å². The summed E-state index contributed by atoms with van der Waals surface area (Å²) in [6, 6.07) is 8.44. The minimum atomic E-state index is 0.762. The van der Waals surface area contributed by atoms with E-state index in [0.29, 0.717) is 0 Å². The van der Waals surface area contributed by atoms with Gasteiger partial charge in [0.15, 0.2) is 0 Å². The van der Waals surface area contributed by atoms with Gasteiger partial charge in [-0.25, -0.2) is 0 Å². The summed E-state index contributed by atoms with van der Waals surface area (Å²) < 4.78 is 0. The first kappa shape index (κ1) is 9.25. The molecule has 14 heavy (non-hydrogen) atoms. The van der Waals surface area contributed by atoms with Gasteiger partial charge in [0.1, 0.15) is 5.84 Å². The van der Waals surface area contributed by atoms with E-state index < -0.39 is 0 Å². The Hall–Kier alpha value is -1.31. The van der Waals surface area contributed by atoms with Gasteiger partial charge < -0.3 is 4.90 Å². The molecule has 2 heteroatoms. The summed E-state index contributed by atoms with van der Waals surface area (Å²) in [6.07, 6.45) is 3.12. The Kier molecular flexibility index (Phi) is 2.53. The van der Waals surface area contributed by atoms with Crippen molar-refractivity contribution in [2.75, 3.05) is 11.4 Å². The summed E-state index contributed by atoms with van der Waals surface area (Å²) in [7, 11) is 0. The molecular weight excluding hydrogens is 172 g/mol. The number of fused-ring (bicyclic) bond motifs is 1. The van der Waals surface area contributed by atoms with Crippen LogP contribution in [0.1, 0.15) is 25.3 Å². The van der Waals surface area contributed by atoms with Gasteiger partial charge in [-0.15, -0.1) is 0 Å². The third kappa shape index (κ3) is 1.52. The van der Waals surface area contributed by atoms with E-state index in [9.17, 15) is 0 Å². The standard InChI is InChI=1S/C12H16N2/c1-2-14-11-8-4-3-6-10(11)7-5-9-12(14)13/h3-4,6,8,13H,2,5,7,9H2,1H3. The van der Waals surface area contributed by atoms with E-state index in [2.05, 4.69) is 36.1 Å².